The van der Waals surface area contributed by atoms with Crippen molar-refractivity contribution in [1.29, 1.82) is 0 Å². The van der Waals surface area contributed by atoms with Gasteiger partial charge in [-0.2, -0.15) is 0 Å². The summed E-state index contributed by atoms with van der Waals surface area (Å²) in [7, 11) is -2.00. The Hall–Kier alpha value is -1.60. The highest BCUT2D eigenvalue weighted by molar-refractivity contribution is 7.90. The van der Waals surface area contributed by atoms with Crippen molar-refractivity contribution in [3.05, 3.63) is 24.3 Å². The molecule has 1 atom stereocenters. The highest BCUT2D eigenvalue weighted by atomic mass is 32.2. The number of carbonyl (C=O) groups is 1. The molecule has 0 saturated carbocycles. The second kappa shape index (κ2) is 6.53. The minimum atomic E-state index is -3.26. The van der Waals surface area contributed by atoms with E-state index in [0.29, 0.717) is 5.75 Å². The fraction of sp³-hybridized carbons (Fsp3) is 0.417. The van der Waals surface area contributed by atoms with Crippen LogP contribution < -0.4 is 10.5 Å². The lowest BCUT2D eigenvalue weighted by molar-refractivity contribution is -0.142. The third-order valence-electron chi connectivity index (χ3n) is 2.44. The van der Waals surface area contributed by atoms with Crippen LogP contribution in [0.15, 0.2) is 29.2 Å². The van der Waals surface area contributed by atoms with Crippen molar-refractivity contribution in [2.45, 2.75) is 17.4 Å². The van der Waals surface area contributed by atoms with Crippen molar-refractivity contribution < 1.29 is 22.7 Å². The van der Waals surface area contributed by atoms with Crippen LogP contribution in [0, 0.1) is 0 Å². The minimum absolute atomic E-state index is 0.183. The van der Waals surface area contributed by atoms with Crippen molar-refractivity contribution in [2.75, 3.05) is 20.0 Å². The number of sulfone groups is 1. The minimum Gasteiger partial charge on any atom is -0.493 e. The van der Waals surface area contributed by atoms with Gasteiger partial charge in [0, 0.05) is 12.7 Å². The molecule has 0 aromatic heterocycles. The number of hydrogen-bond acceptors (Lipinski definition) is 6. The van der Waals surface area contributed by atoms with Gasteiger partial charge in [0.1, 0.15) is 11.8 Å². The zero-order chi connectivity index (χ0) is 14.5. The van der Waals surface area contributed by atoms with Crippen LogP contribution in [-0.4, -0.2) is 40.4 Å². The lowest BCUT2D eigenvalue weighted by atomic mass is 10.2. The Morgan fingerprint density at radius 2 is 2.11 bits per heavy atom. The quantitative estimate of drug-likeness (QED) is 0.759. The fourth-order valence-electron chi connectivity index (χ4n) is 1.37. The lowest BCUT2D eigenvalue weighted by Gasteiger charge is -2.11. The van der Waals surface area contributed by atoms with Gasteiger partial charge in [0.05, 0.1) is 18.6 Å². The second-order valence-corrected chi connectivity index (χ2v) is 6.03. The summed E-state index contributed by atoms with van der Waals surface area (Å²) in [5.74, 6) is -0.0894. The van der Waals surface area contributed by atoms with Crippen molar-refractivity contribution >= 4 is 15.8 Å². The molecule has 1 unspecified atom stereocenters. The average Bonchev–Trinajstić information content (AvgIpc) is 2.37. The Bertz CT molecular complexity index is 541. The van der Waals surface area contributed by atoms with Crippen LogP contribution >= 0.6 is 0 Å². The summed E-state index contributed by atoms with van der Waals surface area (Å²) in [4.78, 5) is 11.2. The summed E-state index contributed by atoms with van der Waals surface area (Å²) in [6.07, 6.45) is 1.41. The van der Waals surface area contributed by atoms with Gasteiger partial charge >= 0.3 is 5.97 Å². The molecule has 0 spiro atoms. The molecule has 0 fully saturated rings. The van der Waals surface area contributed by atoms with E-state index >= 15 is 0 Å². The van der Waals surface area contributed by atoms with Gasteiger partial charge in [0.25, 0.3) is 0 Å². The summed E-state index contributed by atoms with van der Waals surface area (Å²) in [5, 5.41) is 0. The maximum atomic E-state index is 11.4. The van der Waals surface area contributed by atoms with Crippen LogP contribution in [-0.2, 0) is 19.4 Å². The fourth-order valence-corrected chi connectivity index (χ4v) is 2.02. The average molecular weight is 287 g/mol. The molecule has 1 rings (SSSR count). The molecule has 0 aliphatic rings. The molecule has 0 saturated heterocycles. The van der Waals surface area contributed by atoms with E-state index in [9.17, 15) is 13.2 Å². The first-order chi connectivity index (χ1) is 8.84. The van der Waals surface area contributed by atoms with Gasteiger partial charge in [-0.3, -0.25) is 4.79 Å². The monoisotopic (exact) mass is 287 g/mol. The van der Waals surface area contributed by atoms with Gasteiger partial charge in [0.2, 0.25) is 0 Å². The number of methoxy groups -OCH3 is 1. The number of carbonyl (C=O) groups excluding carboxylic acids is 1. The third-order valence-corrected chi connectivity index (χ3v) is 3.55. The predicted molar refractivity (Wildman–Crippen MR) is 69.7 cm³/mol. The van der Waals surface area contributed by atoms with Crippen LogP contribution in [0.4, 0.5) is 0 Å². The molecule has 0 heterocycles. The number of ether oxygens (including phenoxy) is 2. The molecule has 0 bridgehead atoms. The van der Waals surface area contributed by atoms with E-state index in [4.69, 9.17) is 10.5 Å². The van der Waals surface area contributed by atoms with E-state index < -0.39 is 21.8 Å². The van der Waals surface area contributed by atoms with Crippen LogP contribution in [0.1, 0.15) is 6.42 Å². The molecule has 6 nitrogen and oxygen atoms in total. The van der Waals surface area contributed by atoms with Crippen LogP contribution in [0.3, 0.4) is 0 Å². The maximum Gasteiger partial charge on any atom is 0.322 e. The number of benzene rings is 1. The zero-order valence-corrected chi connectivity index (χ0v) is 11.6. The lowest BCUT2D eigenvalue weighted by Crippen LogP contribution is -2.33. The number of esters is 1. The number of nitrogens with two attached hydrogens (primary N) is 1. The molecule has 106 valence electrons. The van der Waals surface area contributed by atoms with Gasteiger partial charge in [-0.1, -0.05) is 6.07 Å². The Morgan fingerprint density at radius 1 is 1.42 bits per heavy atom. The molecule has 0 aliphatic carbocycles. The van der Waals surface area contributed by atoms with Crippen LogP contribution in [0.2, 0.25) is 0 Å². The van der Waals surface area contributed by atoms with E-state index in [2.05, 4.69) is 4.74 Å². The highest BCUT2D eigenvalue weighted by Gasteiger charge is 2.13. The van der Waals surface area contributed by atoms with Crippen LogP contribution in [0.5, 0.6) is 5.75 Å². The molecule has 2 N–H and O–H groups in total. The maximum absolute atomic E-state index is 11.4. The first-order valence-electron chi connectivity index (χ1n) is 5.61. The van der Waals surface area contributed by atoms with Crippen molar-refractivity contribution in [1.82, 2.24) is 0 Å². The van der Waals surface area contributed by atoms with Crippen molar-refractivity contribution in [3.8, 4) is 5.75 Å². The molecular weight excluding hydrogens is 270 g/mol. The first kappa shape index (κ1) is 15.5. The SMILES string of the molecule is COC(=O)C(N)CCOc1cccc(S(C)(=O)=O)c1. The van der Waals surface area contributed by atoms with Gasteiger partial charge < -0.3 is 15.2 Å². The molecule has 0 radical (unpaired) electrons. The summed E-state index contributed by atoms with van der Waals surface area (Å²) >= 11 is 0. The van der Waals surface area contributed by atoms with Gasteiger partial charge in [-0.05, 0) is 18.2 Å². The van der Waals surface area contributed by atoms with Crippen LogP contribution in [0.25, 0.3) is 0 Å². The summed E-state index contributed by atoms with van der Waals surface area (Å²) in [6.45, 7) is 0.198. The van der Waals surface area contributed by atoms with Crippen molar-refractivity contribution in [3.63, 3.8) is 0 Å². The molecule has 1 aromatic carbocycles. The zero-order valence-electron chi connectivity index (χ0n) is 10.8. The molecule has 1 aromatic rings. The summed E-state index contributed by atoms with van der Waals surface area (Å²) < 4.78 is 32.6. The number of hydrogen-bond donors (Lipinski definition) is 1. The molecule has 0 aliphatic heterocycles. The largest absolute Gasteiger partial charge is 0.493 e. The standard InChI is InChI=1S/C12H17NO5S/c1-17-12(14)11(13)6-7-18-9-4-3-5-10(8-9)19(2,15)16/h3-5,8,11H,6-7,13H2,1-2H3. The summed E-state index contributed by atoms with van der Waals surface area (Å²) in [6, 6.07) is 5.40. The third kappa shape index (κ3) is 4.88. The Morgan fingerprint density at radius 3 is 2.68 bits per heavy atom. The van der Waals surface area contributed by atoms with E-state index in [-0.39, 0.29) is 17.9 Å². The van der Waals surface area contributed by atoms with E-state index in [1.807, 2.05) is 0 Å². The molecule has 0 amide bonds. The van der Waals surface area contributed by atoms with Gasteiger partial charge in [-0.25, -0.2) is 8.42 Å². The normalized spacial score (nSPS) is 12.8. The van der Waals surface area contributed by atoms with E-state index in [1.54, 1.807) is 12.1 Å². The Balaban J connectivity index is 2.57. The molecule has 19 heavy (non-hydrogen) atoms. The van der Waals surface area contributed by atoms with E-state index in [1.165, 1.54) is 19.2 Å². The Labute approximate surface area is 112 Å². The first-order valence-corrected chi connectivity index (χ1v) is 7.50. The topological polar surface area (TPSA) is 95.7 Å². The highest BCUT2D eigenvalue weighted by Crippen LogP contribution is 2.17. The van der Waals surface area contributed by atoms with Crippen molar-refractivity contribution in [2.24, 2.45) is 5.73 Å². The van der Waals surface area contributed by atoms with E-state index in [0.717, 1.165) is 6.26 Å². The Kier molecular flexibility index (Phi) is 5.31. The predicted octanol–water partition coefficient (Wildman–Crippen LogP) is 0.359. The summed E-state index contributed by atoms with van der Waals surface area (Å²) in [5.41, 5.74) is 5.54. The second-order valence-electron chi connectivity index (χ2n) is 4.01. The van der Waals surface area contributed by atoms with Gasteiger partial charge in [-0.15, -0.1) is 0 Å². The number of rotatable bonds is 6. The smallest absolute Gasteiger partial charge is 0.322 e. The van der Waals surface area contributed by atoms with Gasteiger partial charge in [0.15, 0.2) is 9.84 Å². The molecule has 7 heteroatoms. The molecular formula is C12H17NO5S.